The summed E-state index contributed by atoms with van der Waals surface area (Å²) in [6.07, 6.45) is 8.56. The average molecular weight is 564 g/mol. The van der Waals surface area contributed by atoms with E-state index in [0.717, 1.165) is 49.0 Å². The number of urea groups is 1. The molecule has 2 fully saturated rings. The number of aliphatic imine (C=N–C) groups is 2. The molecule has 2 aromatic rings. The van der Waals surface area contributed by atoms with Crippen LogP contribution in [0.1, 0.15) is 45.4 Å². The summed E-state index contributed by atoms with van der Waals surface area (Å²) in [6, 6.07) is 14.6. The Hall–Kier alpha value is -3.07. The van der Waals surface area contributed by atoms with E-state index in [0.29, 0.717) is 41.1 Å². The van der Waals surface area contributed by atoms with E-state index in [4.69, 9.17) is 16.6 Å². The molecular weight excluding hydrogens is 527 g/mol. The highest BCUT2D eigenvalue weighted by Crippen LogP contribution is 2.44. The minimum absolute atomic E-state index is 0.239. The summed E-state index contributed by atoms with van der Waals surface area (Å²) in [7, 11) is 2.36. The van der Waals surface area contributed by atoms with Gasteiger partial charge in [0.2, 0.25) is 5.84 Å². The van der Waals surface area contributed by atoms with E-state index >= 15 is 0 Å². The molecule has 0 aliphatic carbocycles. The highest BCUT2D eigenvalue weighted by molar-refractivity contribution is 6.30. The number of nitrogens with zero attached hydrogens (tertiary/aromatic N) is 5. The number of rotatable bonds is 7. The lowest BCUT2D eigenvalue weighted by Crippen LogP contribution is -2.59. The van der Waals surface area contributed by atoms with Gasteiger partial charge in [-0.3, -0.25) is 14.8 Å². The zero-order valence-electron chi connectivity index (χ0n) is 23.2. The van der Waals surface area contributed by atoms with E-state index in [1.807, 2.05) is 6.21 Å². The van der Waals surface area contributed by atoms with Crippen LogP contribution in [-0.2, 0) is 0 Å². The molecule has 2 unspecified atom stereocenters. The normalized spacial score (nSPS) is 27.5. The monoisotopic (exact) mass is 563 g/mol. The van der Waals surface area contributed by atoms with Crippen molar-refractivity contribution in [2.75, 3.05) is 36.9 Å². The first-order valence-corrected chi connectivity index (χ1v) is 14.7. The predicted molar refractivity (Wildman–Crippen MR) is 160 cm³/mol. The Morgan fingerprint density at radius 1 is 1.12 bits per heavy atom. The van der Waals surface area contributed by atoms with Gasteiger partial charge in [0, 0.05) is 74.3 Å². The van der Waals surface area contributed by atoms with E-state index in [1.165, 1.54) is 36.5 Å². The van der Waals surface area contributed by atoms with Crippen molar-refractivity contribution in [1.29, 1.82) is 0 Å². The van der Waals surface area contributed by atoms with Gasteiger partial charge >= 0.3 is 6.03 Å². The third-order valence-corrected chi connectivity index (χ3v) is 9.62. The number of carbonyl (C=O) groups is 1. The maximum atomic E-state index is 13.7. The van der Waals surface area contributed by atoms with E-state index in [9.17, 15) is 9.18 Å². The summed E-state index contributed by atoms with van der Waals surface area (Å²) in [6.45, 7) is 4.52. The van der Waals surface area contributed by atoms with Crippen LogP contribution < -0.4 is 10.2 Å². The van der Waals surface area contributed by atoms with Gasteiger partial charge in [0.25, 0.3) is 0 Å². The second kappa shape index (κ2) is 11.1. The molecule has 7 nitrogen and oxygen atoms in total. The summed E-state index contributed by atoms with van der Waals surface area (Å²) < 4.78 is 14.5. The quantitative estimate of drug-likeness (QED) is 0.393. The molecule has 2 amide bonds. The number of nitrogens with one attached hydrogen (secondary N) is 1. The van der Waals surface area contributed by atoms with Crippen LogP contribution in [0.4, 0.5) is 20.6 Å². The number of halogens is 2. The van der Waals surface area contributed by atoms with Crippen LogP contribution in [0, 0.1) is 5.82 Å². The van der Waals surface area contributed by atoms with Gasteiger partial charge in [-0.15, -0.1) is 0 Å². The Labute approximate surface area is 240 Å². The lowest BCUT2D eigenvalue weighted by Gasteiger charge is -2.46. The zero-order chi connectivity index (χ0) is 27.9. The van der Waals surface area contributed by atoms with Gasteiger partial charge in [0.1, 0.15) is 23.3 Å². The zero-order valence-corrected chi connectivity index (χ0v) is 23.9. The summed E-state index contributed by atoms with van der Waals surface area (Å²) in [5.41, 5.74) is 3.86. The van der Waals surface area contributed by atoms with Crippen molar-refractivity contribution in [1.82, 2.24) is 4.90 Å². The highest BCUT2D eigenvalue weighted by Gasteiger charge is 2.52. The van der Waals surface area contributed by atoms with Crippen LogP contribution in [0.5, 0.6) is 0 Å². The fourth-order valence-corrected chi connectivity index (χ4v) is 7.31. The molecule has 40 heavy (non-hydrogen) atoms. The Morgan fingerprint density at radius 3 is 2.52 bits per heavy atom. The maximum Gasteiger partial charge on any atom is 0.326 e. The van der Waals surface area contributed by atoms with Crippen molar-refractivity contribution < 1.29 is 13.7 Å². The van der Waals surface area contributed by atoms with E-state index in [2.05, 4.69) is 29.2 Å². The summed E-state index contributed by atoms with van der Waals surface area (Å²) >= 11 is 6.01. The second-order valence-corrected chi connectivity index (χ2v) is 12.0. The predicted octanol–water partition coefficient (Wildman–Crippen LogP) is 6.47. The van der Waals surface area contributed by atoms with Crippen LogP contribution in [0.15, 0.2) is 69.9 Å². The van der Waals surface area contributed by atoms with Gasteiger partial charge in [0.15, 0.2) is 0 Å². The van der Waals surface area contributed by atoms with Crippen molar-refractivity contribution in [2.24, 2.45) is 9.98 Å². The SMILES string of the molecule is CC1=NC2=C(CCN=C2)[N+]1(C)C1C[C@H]2CC[C@@H](C1)N2CCCN(C(=O)Nc1ccc(Cl)cc1)c1ccc(F)cc1. The number of dihydropyridines is 1. The van der Waals surface area contributed by atoms with Gasteiger partial charge < -0.3 is 5.32 Å². The molecule has 0 aromatic heterocycles. The molecule has 0 saturated carbocycles. The van der Waals surface area contributed by atoms with E-state index in [1.54, 1.807) is 41.3 Å². The van der Waals surface area contributed by atoms with Crippen molar-refractivity contribution >= 4 is 41.1 Å². The lowest BCUT2D eigenvalue weighted by atomic mass is 9.92. The Morgan fingerprint density at radius 2 is 1.82 bits per heavy atom. The number of hydrogen-bond acceptors (Lipinski definition) is 4. The number of fused-ring (bicyclic) bond motifs is 2. The Kier molecular flexibility index (Phi) is 7.50. The third kappa shape index (κ3) is 5.08. The molecule has 9 heteroatoms. The number of amidine groups is 1. The highest BCUT2D eigenvalue weighted by atomic mass is 35.5. The lowest BCUT2D eigenvalue weighted by molar-refractivity contribution is -0.811. The first-order chi connectivity index (χ1) is 19.3. The number of benzene rings is 2. The van der Waals surface area contributed by atoms with Crippen LogP contribution in [0.2, 0.25) is 5.02 Å². The largest absolute Gasteiger partial charge is 0.326 e. The van der Waals surface area contributed by atoms with Crippen LogP contribution in [-0.4, -0.2) is 72.3 Å². The average Bonchev–Trinajstić information content (AvgIpc) is 3.34. The summed E-state index contributed by atoms with van der Waals surface area (Å²) in [5, 5.41) is 3.57. The number of quaternary nitrogens is 1. The fourth-order valence-electron chi connectivity index (χ4n) is 7.18. The molecule has 2 bridgehead atoms. The minimum Gasteiger partial charge on any atom is -0.308 e. The molecule has 4 aliphatic rings. The Balaban J connectivity index is 1.11. The number of carbonyl (C=O) groups excluding carboxylic acids is 1. The van der Waals surface area contributed by atoms with E-state index in [-0.39, 0.29) is 11.8 Å². The summed E-state index contributed by atoms with van der Waals surface area (Å²) in [4.78, 5) is 27.1. The topological polar surface area (TPSA) is 60.3 Å². The van der Waals surface area contributed by atoms with Crippen molar-refractivity contribution in [3.63, 3.8) is 0 Å². The smallest absolute Gasteiger partial charge is 0.308 e. The second-order valence-electron chi connectivity index (χ2n) is 11.5. The number of piperidine rings is 1. The van der Waals surface area contributed by atoms with Gasteiger partial charge in [0.05, 0.1) is 13.3 Å². The molecule has 2 aromatic carbocycles. The van der Waals surface area contributed by atoms with Gasteiger partial charge in [-0.1, -0.05) is 11.6 Å². The van der Waals surface area contributed by atoms with Crippen LogP contribution >= 0.6 is 11.6 Å². The maximum absolute atomic E-state index is 13.7. The first kappa shape index (κ1) is 27.1. The number of hydrogen-bond donors (Lipinski definition) is 1. The molecule has 210 valence electrons. The van der Waals surface area contributed by atoms with E-state index < -0.39 is 0 Å². The van der Waals surface area contributed by atoms with Crippen molar-refractivity contribution in [2.45, 2.75) is 63.6 Å². The Bertz CT molecular complexity index is 1340. The van der Waals surface area contributed by atoms with Crippen molar-refractivity contribution in [3.8, 4) is 0 Å². The molecule has 0 radical (unpaired) electrons. The molecule has 2 saturated heterocycles. The first-order valence-electron chi connectivity index (χ1n) is 14.3. The van der Waals surface area contributed by atoms with Crippen molar-refractivity contribution in [3.05, 3.63) is 70.8 Å². The molecule has 4 aliphatic heterocycles. The third-order valence-electron chi connectivity index (χ3n) is 9.37. The molecule has 0 spiro atoms. The van der Waals surface area contributed by atoms with Crippen LogP contribution in [0.3, 0.4) is 0 Å². The van der Waals surface area contributed by atoms with Gasteiger partial charge in [-0.25, -0.2) is 13.7 Å². The van der Waals surface area contributed by atoms with Gasteiger partial charge in [-0.05, 0) is 67.8 Å². The van der Waals surface area contributed by atoms with Gasteiger partial charge in [-0.2, -0.15) is 4.99 Å². The minimum atomic E-state index is -0.320. The number of allylic oxidation sites excluding steroid dienone is 1. The molecule has 4 atom stereocenters. The standard InChI is InChI=1S/C31H36ClFN6O/c1-21-35-29-20-34-15-14-30(29)39(21,2)28-18-26-12-13-27(19-28)37(26)16-3-17-38(25-10-6-23(33)7-11-25)31(40)36-24-8-4-22(32)5-9-24/h4-11,20,26-28H,3,12-19H2,1-2H3/p+1/t26-,27+,28?,39?. The molecule has 6 rings (SSSR count). The molecule has 4 heterocycles. The number of anilines is 2. The summed E-state index contributed by atoms with van der Waals surface area (Å²) in [5.74, 6) is 0.872. The molecule has 1 N–H and O–H groups in total. The van der Waals surface area contributed by atoms with Crippen LogP contribution in [0.25, 0.3) is 0 Å². The fraction of sp³-hybridized carbons (Fsp3) is 0.452. The molecular formula is C31H37ClFN6O+. The number of amides is 2.